The van der Waals surface area contributed by atoms with E-state index in [-0.39, 0.29) is 35.9 Å². The molecule has 10 rings (SSSR count). The summed E-state index contributed by atoms with van der Waals surface area (Å²) in [5.74, 6) is -0.738. The number of nitrogens with zero attached hydrogens (tertiary/aromatic N) is 12. The van der Waals surface area contributed by atoms with Crippen LogP contribution in [0, 0.1) is 25.5 Å². The van der Waals surface area contributed by atoms with Crippen LogP contribution in [-0.2, 0) is 46.5 Å². The lowest BCUT2D eigenvalue weighted by Crippen LogP contribution is -2.41. The lowest BCUT2D eigenvalue weighted by atomic mass is 9.92. The van der Waals surface area contributed by atoms with Gasteiger partial charge in [0.25, 0.3) is 0 Å². The fraction of sp³-hybridized carbons (Fsp3) is 0.515. The van der Waals surface area contributed by atoms with Crippen molar-refractivity contribution in [2.75, 3.05) is 26.3 Å². The maximum absolute atomic E-state index is 16.1. The van der Waals surface area contributed by atoms with Gasteiger partial charge in [-0.15, -0.1) is 0 Å². The summed E-state index contributed by atoms with van der Waals surface area (Å²) in [7, 11) is 1.29. The average Bonchev–Trinajstić information content (AvgIpc) is 3.50. The van der Waals surface area contributed by atoms with E-state index in [2.05, 4.69) is 49.5 Å². The lowest BCUT2D eigenvalue weighted by Gasteiger charge is -2.37. The second-order valence-corrected chi connectivity index (χ2v) is 39.4. The molecule has 22 heteroatoms. The number of carbonyl (C=O) groups is 2. The van der Waals surface area contributed by atoms with Gasteiger partial charge in [0.1, 0.15) is 47.7 Å². The average molecular weight is 1240 g/mol. The molecule has 0 radical (unpaired) electrons. The van der Waals surface area contributed by atoms with E-state index in [1.54, 1.807) is 56.1 Å². The van der Waals surface area contributed by atoms with Gasteiger partial charge in [-0.3, -0.25) is 19.3 Å². The molecule has 2 atom stereocenters. The minimum Gasteiger partial charge on any atom is -0.444 e. The molecule has 2 unspecified atom stereocenters. The van der Waals surface area contributed by atoms with Crippen LogP contribution < -0.4 is 0 Å². The number of pyridine rings is 2. The van der Waals surface area contributed by atoms with Crippen molar-refractivity contribution in [1.29, 1.82) is 0 Å². The predicted octanol–water partition coefficient (Wildman–Crippen LogP) is 15.4. The summed E-state index contributed by atoms with van der Waals surface area (Å²) in [5, 5.41) is 20.1. The van der Waals surface area contributed by atoms with Gasteiger partial charge in [0.05, 0.1) is 59.3 Å². The third-order valence-electron chi connectivity index (χ3n) is 15.8. The maximum Gasteiger partial charge on any atom is 0.410 e. The number of aromatic nitrogens is 10. The Morgan fingerprint density at radius 2 is 0.955 bits per heavy atom. The van der Waals surface area contributed by atoms with Crippen LogP contribution in [0.4, 0.5) is 18.4 Å². The van der Waals surface area contributed by atoms with E-state index in [0.29, 0.717) is 62.3 Å². The van der Waals surface area contributed by atoms with Crippen LogP contribution in [0.25, 0.3) is 66.8 Å². The molecule has 0 spiro atoms. The van der Waals surface area contributed by atoms with Crippen molar-refractivity contribution in [3.63, 3.8) is 0 Å². The van der Waals surface area contributed by atoms with Crippen molar-refractivity contribution in [3.8, 4) is 45.0 Å². The molecular weight excluding hydrogens is 1150 g/mol. The molecule has 2 amide bonds. The van der Waals surface area contributed by atoms with E-state index in [1.165, 1.54) is 0 Å². The van der Waals surface area contributed by atoms with Gasteiger partial charge in [-0.25, -0.2) is 27.7 Å². The predicted molar refractivity (Wildman–Crippen MR) is 347 cm³/mol. The first kappa shape index (κ1) is 65.3. The zero-order valence-corrected chi connectivity index (χ0v) is 56.6. The van der Waals surface area contributed by atoms with Gasteiger partial charge >= 0.3 is 12.2 Å². The van der Waals surface area contributed by atoms with E-state index in [9.17, 15) is 9.59 Å². The topological polar surface area (TPSA) is 175 Å². The van der Waals surface area contributed by atoms with Crippen molar-refractivity contribution >= 4 is 50.1 Å². The molecule has 0 saturated carbocycles. The Bertz CT molecular complexity index is 3500. The quantitative estimate of drug-likeness (QED) is 0.0662. The lowest BCUT2D eigenvalue weighted by molar-refractivity contribution is 0.00849. The maximum atomic E-state index is 16.1. The number of halogens is 2. The first-order valence-corrected chi connectivity index (χ1v) is 38.3. The van der Waals surface area contributed by atoms with E-state index in [4.69, 9.17) is 39.1 Å². The summed E-state index contributed by atoms with van der Waals surface area (Å²) in [4.78, 5) is 39.0. The highest BCUT2D eigenvalue weighted by Gasteiger charge is 2.35. The Morgan fingerprint density at radius 3 is 1.28 bits per heavy atom. The number of likely N-dealkylation sites (tertiary alicyclic amines) is 2. The molecule has 0 bridgehead atoms. The first-order valence-electron chi connectivity index (χ1n) is 30.9. The smallest absolute Gasteiger partial charge is 0.410 e. The summed E-state index contributed by atoms with van der Waals surface area (Å²) in [6, 6.07) is 12.5. The number of ether oxygens (including phenoxy) is 4. The van der Waals surface area contributed by atoms with Gasteiger partial charge in [-0.2, -0.15) is 20.4 Å². The number of fused-ring (bicyclic) bond motifs is 2. The highest BCUT2D eigenvalue weighted by Crippen LogP contribution is 2.40. The van der Waals surface area contributed by atoms with Crippen LogP contribution in [0.3, 0.4) is 0 Å². The van der Waals surface area contributed by atoms with Crippen molar-refractivity contribution in [1.82, 2.24) is 58.9 Å². The Balaban J connectivity index is 0.000000209. The van der Waals surface area contributed by atoms with Crippen molar-refractivity contribution < 1.29 is 37.3 Å². The third kappa shape index (κ3) is 16.0. The molecule has 0 aliphatic carbocycles. The molecule has 6 aromatic heterocycles. The zero-order valence-electron chi connectivity index (χ0n) is 54.6. The van der Waals surface area contributed by atoms with Gasteiger partial charge < -0.3 is 28.7 Å². The third-order valence-corrected chi connectivity index (χ3v) is 19.2. The van der Waals surface area contributed by atoms with Crippen molar-refractivity contribution in [3.05, 3.63) is 107 Å². The number of piperidine rings is 2. The molecule has 0 N–H and O–H groups in total. The fourth-order valence-electron chi connectivity index (χ4n) is 11.4. The van der Waals surface area contributed by atoms with E-state index in [0.717, 1.165) is 117 Å². The fourth-order valence-corrected chi connectivity index (χ4v) is 12.9. The number of hydrogen-bond donors (Lipinski definition) is 0. The number of aryl methyl sites for hydroxylation is 4. The standard InChI is InChI=1S/2C33H45FN6O3Si/c2*1-22-15-23(28-11-9-10-12-39(28)32(41)43-33(2,3)4)16-26(34)30(22)27-17-25-29(19-35-27)40(21-42-13-14-44(6,7)8)37-31(25)24-18-36-38(5)20-24/h2*15-20,28H,9-14,21H2,1-8H3. The molecule has 2 aliphatic heterocycles. The highest BCUT2D eigenvalue weighted by atomic mass is 28.3. The summed E-state index contributed by atoms with van der Waals surface area (Å²) in [6.07, 6.45) is 15.4. The first-order chi connectivity index (χ1) is 41.4. The van der Waals surface area contributed by atoms with Gasteiger partial charge in [0.2, 0.25) is 0 Å². The summed E-state index contributed by atoms with van der Waals surface area (Å²) >= 11 is 0. The number of carbonyl (C=O) groups excluding carboxylic acids is 2. The Labute approximate surface area is 518 Å². The van der Waals surface area contributed by atoms with Gasteiger partial charge in [0, 0.05) is 102 Å². The second kappa shape index (κ2) is 26.5. The molecule has 2 saturated heterocycles. The van der Waals surface area contributed by atoms with Crippen LogP contribution in [-0.4, -0.2) is 125 Å². The molecule has 2 aromatic carbocycles. The highest BCUT2D eigenvalue weighted by molar-refractivity contribution is 6.76. The largest absolute Gasteiger partial charge is 0.444 e. The van der Waals surface area contributed by atoms with Gasteiger partial charge in [-0.1, -0.05) is 51.4 Å². The van der Waals surface area contributed by atoms with E-state index in [1.807, 2.05) is 116 Å². The minimum atomic E-state index is -1.22. The number of hydrogen-bond acceptors (Lipinski definition) is 12. The van der Waals surface area contributed by atoms with E-state index < -0.39 is 27.3 Å². The number of benzene rings is 2. The van der Waals surface area contributed by atoms with Crippen LogP contribution in [0.2, 0.25) is 51.4 Å². The van der Waals surface area contributed by atoms with Crippen molar-refractivity contribution in [2.24, 2.45) is 14.1 Å². The Kier molecular flexibility index (Phi) is 19.7. The molecule has 8 aromatic rings. The number of amides is 2. The Morgan fingerprint density at radius 1 is 0.568 bits per heavy atom. The SMILES string of the molecule is Cc1cc(C2CCCCN2C(=O)OC(C)(C)C)cc(F)c1-c1cc2c(-c3cnn(C)c3)nn(COCC[Si](C)(C)C)c2cn1.Cc1cc(C2CCCCN2C(=O)OC(C)(C)C)cc(F)c1-c1cc2c(-c3cnn(C)c3)nn(COCC[Si](C)(C)C)c2cn1. The Hall–Kier alpha value is -7.15. The summed E-state index contributed by atoms with van der Waals surface area (Å²) < 4.78 is 62.6. The molecule has 2 aliphatic rings. The van der Waals surface area contributed by atoms with Crippen LogP contribution in [0.1, 0.15) is 114 Å². The van der Waals surface area contributed by atoms with Gasteiger partial charge in [-0.05, 0) is 153 Å². The molecule has 472 valence electrons. The molecule has 18 nitrogen and oxygen atoms in total. The molecular formula is C66H90F2N12O6Si2. The van der Waals surface area contributed by atoms with Crippen molar-refractivity contribution in [2.45, 2.75) is 182 Å². The summed E-state index contributed by atoms with van der Waals surface area (Å²) in [5.41, 5.74) is 8.62. The van der Waals surface area contributed by atoms with Crippen LogP contribution in [0.5, 0.6) is 0 Å². The van der Waals surface area contributed by atoms with E-state index >= 15 is 8.78 Å². The van der Waals surface area contributed by atoms with Gasteiger partial charge in [0.15, 0.2) is 0 Å². The monoisotopic (exact) mass is 1240 g/mol. The molecule has 2 fully saturated rings. The zero-order chi connectivity index (χ0) is 63.6. The molecule has 88 heavy (non-hydrogen) atoms. The normalized spacial score (nSPS) is 16.1. The van der Waals surface area contributed by atoms with Crippen LogP contribution in [0.15, 0.2) is 73.6 Å². The molecule has 8 heterocycles. The summed E-state index contributed by atoms with van der Waals surface area (Å²) in [6.45, 7) is 32.0. The second-order valence-electron chi connectivity index (χ2n) is 28.1. The van der Waals surface area contributed by atoms with Crippen LogP contribution >= 0.6 is 0 Å². The minimum absolute atomic E-state index is 0.243. The number of rotatable bonds is 16.